The molecule has 102 valence electrons. The highest BCUT2D eigenvalue weighted by molar-refractivity contribution is 7.92. The van der Waals surface area contributed by atoms with Crippen molar-refractivity contribution in [2.75, 3.05) is 23.7 Å². The zero-order valence-corrected chi connectivity index (χ0v) is 11.7. The molecule has 0 amide bonds. The van der Waals surface area contributed by atoms with E-state index in [1.807, 2.05) is 6.92 Å². The van der Waals surface area contributed by atoms with Gasteiger partial charge in [-0.3, -0.25) is 4.72 Å². The number of phenols is 1. The molecule has 1 aromatic rings. The molecule has 0 aliphatic heterocycles. The lowest BCUT2D eigenvalue weighted by Crippen LogP contribution is -2.20. The summed E-state index contributed by atoms with van der Waals surface area (Å²) in [6, 6.07) is 3.15. The van der Waals surface area contributed by atoms with Crippen LogP contribution < -0.4 is 4.72 Å². The number of aryl methyl sites for hydroxylation is 2. The summed E-state index contributed by atoms with van der Waals surface area (Å²) in [7, 11) is -3.42. The Morgan fingerprint density at radius 3 is 2.56 bits per heavy atom. The smallest absolute Gasteiger partial charge is 0.235 e. The number of benzene rings is 1. The number of anilines is 1. The summed E-state index contributed by atoms with van der Waals surface area (Å²) >= 11 is 0. The molecule has 0 atom stereocenters. The highest BCUT2D eigenvalue weighted by atomic mass is 32.2. The van der Waals surface area contributed by atoms with E-state index in [0.29, 0.717) is 23.4 Å². The summed E-state index contributed by atoms with van der Waals surface area (Å²) in [5, 5.41) is 9.50. The minimum Gasteiger partial charge on any atom is -0.508 e. The number of hydrogen-bond donors (Lipinski definition) is 2. The molecule has 0 aliphatic carbocycles. The number of aromatic hydroxyl groups is 1. The first-order valence-electron chi connectivity index (χ1n) is 5.74. The summed E-state index contributed by atoms with van der Waals surface area (Å²) in [4.78, 5) is 0. The first kappa shape index (κ1) is 14.8. The fourth-order valence-electron chi connectivity index (χ4n) is 1.44. The van der Waals surface area contributed by atoms with Crippen LogP contribution in [-0.4, -0.2) is 32.5 Å². The van der Waals surface area contributed by atoms with Crippen molar-refractivity contribution in [3.8, 4) is 5.75 Å². The van der Waals surface area contributed by atoms with Gasteiger partial charge in [0.2, 0.25) is 10.0 Å². The molecule has 0 aliphatic rings. The Morgan fingerprint density at radius 2 is 1.94 bits per heavy atom. The Bertz CT molecular complexity index is 511. The van der Waals surface area contributed by atoms with Crippen LogP contribution in [-0.2, 0) is 14.8 Å². The van der Waals surface area contributed by atoms with Gasteiger partial charge in [-0.15, -0.1) is 0 Å². The van der Waals surface area contributed by atoms with Gasteiger partial charge < -0.3 is 9.84 Å². The number of rotatable bonds is 6. The molecule has 2 N–H and O–H groups in total. The first-order chi connectivity index (χ1) is 8.35. The molecule has 0 unspecified atom stereocenters. The van der Waals surface area contributed by atoms with Crippen molar-refractivity contribution in [1.82, 2.24) is 0 Å². The molecule has 1 aromatic carbocycles. The third-order valence-corrected chi connectivity index (χ3v) is 3.74. The molecule has 1 rings (SSSR count). The minimum absolute atomic E-state index is 0.0831. The molecule has 5 nitrogen and oxygen atoms in total. The van der Waals surface area contributed by atoms with Crippen molar-refractivity contribution < 1.29 is 18.3 Å². The maximum atomic E-state index is 11.8. The number of ether oxygens (including phenoxy) is 1. The third-order valence-electron chi connectivity index (χ3n) is 2.51. The van der Waals surface area contributed by atoms with Crippen LogP contribution in [0.5, 0.6) is 5.75 Å². The summed E-state index contributed by atoms with van der Waals surface area (Å²) in [6.45, 7) is 5.93. The van der Waals surface area contributed by atoms with E-state index in [1.54, 1.807) is 19.9 Å². The standard InChI is InChI=1S/C12H19NO4S/c1-4-17-5-6-18(15,16)13-11-7-10(3)12(14)8-9(11)2/h7-8,13-14H,4-6H2,1-3H3. The lowest BCUT2D eigenvalue weighted by molar-refractivity contribution is 0.163. The maximum absolute atomic E-state index is 11.8. The Balaban J connectivity index is 2.81. The van der Waals surface area contributed by atoms with Crippen LogP contribution in [0.2, 0.25) is 0 Å². The Kier molecular flexibility index (Phi) is 4.98. The molecule has 0 heterocycles. The number of nitrogens with one attached hydrogen (secondary N) is 1. The zero-order chi connectivity index (χ0) is 13.8. The summed E-state index contributed by atoms with van der Waals surface area (Å²) in [5.41, 5.74) is 1.79. The molecule has 0 radical (unpaired) electrons. The second kappa shape index (κ2) is 6.06. The van der Waals surface area contributed by atoms with Crippen molar-refractivity contribution in [2.24, 2.45) is 0 Å². The number of phenolic OH excluding ortho intramolecular Hbond substituents is 1. The van der Waals surface area contributed by atoms with Gasteiger partial charge in [-0.05, 0) is 44.0 Å². The summed E-state index contributed by atoms with van der Waals surface area (Å²) in [5.74, 6) is 0.0741. The fourth-order valence-corrected chi connectivity index (χ4v) is 2.44. The normalized spacial score (nSPS) is 11.5. The predicted molar refractivity (Wildman–Crippen MR) is 71.5 cm³/mol. The van der Waals surface area contributed by atoms with Crippen LogP contribution >= 0.6 is 0 Å². The van der Waals surface area contributed by atoms with Gasteiger partial charge in [-0.1, -0.05) is 0 Å². The summed E-state index contributed by atoms with van der Waals surface area (Å²) in [6.07, 6.45) is 0. The van der Waals surface area contributed by atoms with E-state index in [2.05, 4.69) is 4.72 Å². The molecular formula is C12H19NO4S. The highest BCUT2D eigenvalue weighted by Crippen LogP contribution is 2.25. The van der Waals surface area contributed by atoms with E-state index >= 15 is 0 Å². The van der Waals surface area contributed by atoms with Crippen LogP contribution in [0.4, 0.5) is 5.69 Å². The molecule has 18 heavy (non-hydrogen) atoms. The topological polar surface area (TPSA) is 75.6 Å². The lowest BCUT2D eigenvalue weighted by Gasteiger charge is -2.12. The van der Waals surface area contributed by atoms with Gasteiger partial charge in [0.25, 0.3) is 0 Å². The van der Waals surface area contributed by atoms with Crippen LogP contribution in [0.1, 0.15) is 18.1 Å². The fraction of sp³-hybridized carbons (Fsp3) is 0.500. The van der Waals surface area contributed by atoms with Crippen molar-refractivity contribution in [1.29, 1.82) is 0 Å². The van der Waals surface area contributed by atoms with E-state index in [4.69, 9.17) is 4.74 Å². The summed E-state index contributed by atoms with van der Waals surface area (Å²) < 4.78 is 31.1. The van der Waals surface area contributed by atoms with Gasteiger partial charge >= 0.3 is 0 Å². The van der Waals surface area contributed by atoms with Gasteiger partial charge in [-0.2, -0.15) is 0 Å². The molecule has 6 heteroatoms. The Hall–Kier alpha value is -1.27. The molecular weight excluding hydrogens is 254 g/mol. The Labute approximate surface area is 108 Å². The molecule has 0 fully saturated rings. The molecule has 0 saturated carbocycles. The van der Waals surface area contributed by atoms with E-state index in [1.165, 1.54) is 6.07 Å². The van der Waals surface area contributed by atoms with Gasteiger partial charge in [0.1, 0.15) is 5.75 Å². The Morgan fingerprint density at radius 1 is 1.28 bits per heavy atom. The van der Waals surface area contributed by atoms with Gasteiger partial charge in [-0.25, -0.2) is 8.42 Å². The largest absolute Gasteiger partial charge is 0.508 e. The monoisotopic (exact) mass is 273 g/mol. The van der Waals surface area contributed by atoms with Crippen molar-refractivity contribution >= 4 is 15.7 Å². The quantitative estimate of drug-likeness (QED) is 0.612. The van der Waals surface area contributed by atoms with E-state index < -0.39 is 10.0 Å². The lowest BCUT2D eigenvalue weighted by atomic mass is 10.1. The van der Waals surface area contributed by atoms with Gasteiger partial charge in [0.05, 0.1) is 18.0 Å². The van der Waals surface area contributed by atoms with Crippen LogP contribution in [0.25, 0.3) is 0 Å². The van der Waals surface area contributed by atoms with Crippen LogP contribution in [0, 0.1) is 13.8 Å². The molecule has 0 spiro atoms. The van der Waals surface area contributed by atoms with E-state index in [-0.39, 0.29) is 18.1 Å². The van der Waals surface area contributed by atoms with Gasteiger partial charge in [0, 0.05) is 6.61 Å². The van der Waals surface area contributed by atoms with E-state index in [9.17, 15) is 13.5 Å². The van der Waals surface area contributed by atoms with Crippen LogP contribution in [0.15, 0.2) is 12.1 Å². The van der Waals surface area contributed by atoms with Crippen molar-refractivity contribution in [2.45, 2.75) is 20.8 Å². The first-order valence-corrected chi connectivity index (χ1v) is 7.39. The highest BCUT2D eigenvalue weighted by Gasteiger charge is 2.13. The average molecular weight is 273 g/mol. The van der Waals surface area contributed by atoms with Gasteiger partial charge in [0.15, 0.2) is 0 Å². The second-order valence-electron chi connectivity index (χ2n) is 4.07. The minimum atomic E-state index is -3.42. The molecule has 0 aromatic heterocycles. The number of hydrogen-bond acceptors (Lipinski definition) is 4. The predicted octanol–water partition coefficient (Wildman–Crippen LogP) is 1.79. The SMILES string of the molecule is CCOCCS(=O)(=O)Nc1cc(C)c(O)cc1C. The molecule has 0 bridgehead atoms. The van der Waals surface area contributed by atoms with Crippen LogP contribution in [0.3, 0.4) is 0 Å². The number of sulfonamides is 1. The second-order valence-corrected chi connectivity index (χ2v) is 5.91. The average Bonchev–Trinajstić information content (AvgIpc) is 2.26. The van der Waals surface area contributed by atoms with Crippen molar-refractivity contribution in [3.05, 3.63) is 23.3 Å². The van der Waals surface area contributed by atoms with E-state index in [0.717, 1.165) is 0 Å². The maximum Gasteiger partial charge on any atom is 0.235 e. The third kappa shape index (κ3) is 4.19. The van der Waals surface area contributed by atoms with Crippen molar-refractivity contribution in [3.63, 3.8) is 0 Å². The molecule has 0 saturated heterocycles. The zero-order valence-electron chi connectivity index (χ0n) is 10.9.